The normalized spacial score (nSPS) is 18.2. The monoisotopic (exact) mass is 424 g/mol. The van der Waals surface area contributed by atoms with E-state index in [0.29, 0.717) is 10.7 Å². The summed E-state index contributed by atoms with van der Waals surface area (Å²) in [6.07, 6.45) is 4.76. The largest absolute Gasteiger partial charge is 0.478 e. The summed E-state index contributed by atoms with van der Waals surface area (Å²) >= 11 is 7.55. The van der Waals surface area contributed by atoms with Crippen LogP contribution in [0, 0.1) is 0 Å². The summed E-state index contributed by atoms with van der Waals surface area (Å²) in [6, 6.07) is 17.3. The second kappa shape index (κ2) is 7.77. The SMILES string of the molecule is CC1(c2nn(-c3ccccc3)cc2Sc2ccc(Cl)cc2)N=CC(C(=O)O)=CN1. The van der Waals surface area contributed by atoms with Gasteiger partial charge in [-0.25, -0.2) is 9.48 Å². The van der Waals surface area contributed by atoms with Gasteiger partial charge in [-0.15, -0.1) is 0 Å². The zero-order chi connectivity index (χ0) is 20.4. The molecule has 1 aliphatic rings. The topological polar surface area (TPSA) is 79.5 Å². The number of aromatic nitrogens is 2. The van der Waals surface area contributed by atoms with Crippen LogP contribution in [0.1, 0.15) is 12.6 Å². The number of nitrogens with one attached hydrogen (secondary N) is 1. The summed E-state index contributed by atoms with van der Waals surface area (Å²) in [4.78, 5) is 17.6. The van der Waals surface area contributed by atoms with E-state index in [1.807, 2.05) is 67.7 Å². The molecule has 0 saturated heterocycles. The molecule has 0 bridgehead atoms. The Labute approximate surface area is 176 Å². The van der Waals surface area contributed by atoms with Gasteiger partial charge in [0.1, 0.15) is 5.69 Å². The van der Waals surface area contributed by atoms with Gasteiger partial charge in [0.15, 0.2) is 5.66 Å². The number of rotatable bonds is 5. The predicted molar refractivity (Wildman–Crippen MR) is 114 cm³/mol. The number of aliphatic carboxylic acids is 1. The predicted octanol–water partition coefficient (Wildman–Crippen LogP) is 4.49. The average molecular weight is 425 g/mol. The van der Waals surface area contributed by atoms with Gasteiger partial charge in [0.05, 0.1) is 16.2 Å². The molecule has 1 unspecified atom stereocenters. The third-order valence-electron chi connectivity index (χ3n) is 4.42. The minimum atomic E-state index is -1.03. The lowest BCUT2D eigenvalue weighted by Crippen LogP contribution is -2.38. The molecule has 1 atom stereocenters. The molecule has 1 aliphatic heterocycles. The molecule has 0 aliphatic carbocycles. The maximum Gasteiger partial charge on any atom is 0.338 e. The van der Waals surface area contributed by atoms with Crippen molar-refractivity contribution in [2.45, 2.75) is 22.4 Å². The molecule has 1 aromatic heterocycles. The van der Waals surface area contributed by atoms with Gasteiger partial charge < -0.3 is 10.4 Å². The number of nitrogens with zero attached hydrogens (tertiary/aromatic N) is 3. The average Bonchev–Trinajstić information content (AvgIpc) is 3.15. The Morgan fingerprint density at radius 3 is 2.52 bits per heavy atom. The van der Waals surface area contributed by atoms with Crippen LogP contribution in [-0.2, 0) is 10.5 Å². The number of benzene rings is 2. The fourth-order valence-electron chi connectivity index (χ4n) is 2.85. The maximum atomic E-state index is 11.2. The number of hydrogen-bond acceptors (Lipinski definition) is 5. The highest BCUT2D eigenvalue weighted by Crippen LogP contribution is 2.37. The fourth-order valence-corrected chi connectivity index (χ4v) is 3.99. The fraction of sp³-hybridized carbons (Fsp3) is 0.0952. The van der Waals surface area contributed by atoms with E-state index < -0.39 is 11.6 Å². The molecule has 6 nitrogen and oxygen atoms in total. The van der Waals surface area contributed by atoms with Crippen molar-refractivity contribution in [3.05, 3.63) is 83.3 Å². The molecular weight excluding hydrogens is 408 g/mol. The Balaban J connectivity index is 1.75. The highest BCUT2D eigenvalue weighted by molar-refractivity contribution is 7.99. The van der Waals surface area contributed by atoms with Gasteiger partial charge in [-0.2, -0.15) is 5.10 Å². The van der Waals surface area contributed by atoms with Crippen molar-refractivity contribution >= 4 is 35.5 Å². The Bertz CT molecular complexity index is 1110. The van der Waals surface area contributed by atoms with E-state index >= 15 is 0 Å². The van der Waals surface area contributed by atoms with Gasteiger partial charge in [0.25, 0.3) is 0 Å². The number of carboxylic acids is 1. The van der Waals surface area contributed by atoms with Crippen molar-refractivity contribution < 1.29 is 9.90 Å². The lowest BCUT2D eigenvalue weighted by atomic mass is 10.1. The minimum Gasteiger partial charge on any atom is -0.478 e. The second-order valence-corrected chi connectivity index (χ2v) is 8.11. The van der Waals surface area contributed by atoms with Crippen LogP contribution in [-0.4, -0.2) is 27.1 Å². The van der Waals surface area contributed by atoms with Crippen molar-refractivity contribution in [2.75, 3.05) is 0 Å². The van der Waals surface area contributed by atoms with Gasteiger partial charge in [0, 0.05) is 28.5 Å². The van der Waals surface area contributed by atoms with Crippen molar-refractivity contribution in [3.8, 4) is 5.69 Å². The molecular formula is C21H17ClN4O2S. The van der Waals surface area contributed by atoms with Gasteiger partial charge in [-0.05, 0) is 43.3 Å². The summed E-state index contributed by atoms with van der Waals surface area (Å²) in [5, 5.41) is 17.7. The first kappa shape index (κ1) is 19.3. The lowest BCUT2D eigenvalue weighted by Gasteiger charge is -2.27. The van der Waals surface area contributed by atoms with Crippen LogP contribution in [0.25, 0.3) is 5.69 Å². The molecule has 0 fully saturated rings. The van der Waals surface area contributed by atoms with Crippen LogP contribution < -0.4 is 5.32 Å². The minimum absolute atomic E-state index is 0.0943. The van der Waals surface area contributed by atoms with Crippen LogP contribution in [0.15, 0.2) is 87.4 Å². The van der Waals surface area contributed by atoms with Crippen molar-refractivity contribution in [3.63, 3.8) is 0 Å². The van der Waals surface area contributed by atoms with E-state index in [-0.39, 0.29) is 5.57 Å². The van der Waals surface area contributed by atoms with E-state index in [1.54, 1.807) is 16.4 Å². The van der Waals surface area contributed by atoms with E-state index in [9.17, 15) is 4.79 Å². The molecule has 29 heavy (non-hydrogen) atoms. The highest BCUT2D eigenvalue weighted by atomic mass is 35.5. The number of aliphatic imine (C=N–C) groups is 1. The summed E-state index contributed by atoms with van der Waals surface area (Å²) in [5.41, 5.74) is 0.810. The van der Waals surface area contributed by atoms with E-state index in [2.05, 4.69) is 10.3 Å². The van der Waals surface area contributed by atoms with Gasteiger partial charge >= 0.3 is 5.97 Å². The third kappa shape index (κ3) is 4.06. The number of hydrogen-bond donors (Lipinski definition) is 2. The summed E-state index contributed by atoms with van der Waals surface area (Å²) < 4.78 is 1.80. The summed E-state index contributed by atoms with van der Waals surface area (Å²) in [7, 11) is 0. The Kier molecular flexibility index (Phi) is 5.17. The first-order chi connectivity index (χ1) is 13.9. The summed E-state index contributed by atoms with van der Waals surface area (Å²) in [6.45, 7) is 1.86. The Morgan fingerprint density at radius 1 is 1.17 bits per heavy atom. The molecule has 0 amide bonds. The molecule has 2 heterocycles. The van der Waals surface area contributed by atoms with Gasteiger partial charge in [0.2, 0.25) is 0 Å². The van der Waals surface area contributed by atoms with Crippen LogP contribution in [0.3, 0.4) is 0 Å². The van der Waals surface area contributed by atoms with Crippen LogP contribution in [0.4, 0.5) is 0 Å². The quantitative estimate of drug-likeness (QED) is 0.630. The highest BCUT2D eigenvalue weighted by Gasteiger charge is 2.33. The van der Waals surface area contributed by atoms with E-state index in [0.717, 1.165) is 15.5 Å². The Morgan fingerprint density at radius 2 is 1.90 bits per heavy atom. The van der Waals surface area contributed by atoms with E-state index in [1.165, 1.54) is 12.4 Å². The number of halogens is 1. The third-order valence-corrected chi connectivity index (χ3v) is 5.70. The lowest BCUT2D eigenvalue weighted by molar-refractivity contribution is -0.132. The molecule has 8 heteroatoms. The number of carboxylic acid groups (broad SMARTS) is 1. The standard InChI is InChI=1S/C21H17ClN4O2S/c1-21(23-11-14(12-24-21)20(27)28)19-18(29-17-9-7-15(22)8-10-17)13-26(25-19)16-5-3-2-4-6-16/h2-13,23H,1H3,(H,27,28). The van der Waals surface area contributed by atoms with Crippen LogP contribution in [0.2, 0.25) is 5.02 Å². The zero-order valence-electron chi connectivity index (χ0n) is 15.4. The zero-order valence-corrected chi connectivity index (χ0v) is 17.0. The molecule has 2 N–H and O–H groups in total. The molecule has 146 valence electrons. The summed E-state index contributed by atoms with van der Waals surface area (Å²) in [5.74, 6) is -1.03. The van der Waals surface area contributed by atoms with E-state index in [4.69, 9.17) is 21.8 Å². The number of carbonyl (C=O) groups is 1. The molecule has 0 spiro atoms. The molecule has 4 rings (SSSR count). The van der Waals surface area contributed by atoms with Crippen LogP contribution >= 0.6 is 23.4 Å². The molecule has 0 saturated carbocycles. The van der Waals surface area contributed by atoms with Gasteiger partial charge in [-0.3, -0.25) is 4.99 Å². The van der Waals surface area contributed by atoms with Crippen molar-refractivity contribution in [1.29, 1.82) is 0 Å². The smallest absolute Gasteiger partial charge is 0.338 e. The van der Waals surface area contributed by atoms with Crippen molar-refractivity contribution in [1.82, 2.24) is 15.1 Å². The van der Waals surface area contributed by atoms with Crippen molar-refractivity contribution in [2.24, 2.45) is 4.99 Å². The first-order valence-electron chi connectivity index (χ1n) is 8.80. The molecule has 0 radical (unpaired) electrons. The Hall–Kier alpha value is -3.03. The first-order valence-corrected chi connectivity index (χ1v) is 9.99. The molecule has 3 aromatic rings. The van der Waals surface area contributed by atoms with Gasteiger partial charge in [-0.1, -0.05) is 41.6 Å². The molecule has 2 aromatic carbocycles. The van der Waals surface area contributed by atoms with Crippen LogP contribution in [0.5, 0.6) is 0 Å². The second-order valence-electron chi connectivity index (χ2n) is 6.56. The number of para-hydroxylation sites is 1. The maximum absolute atomic E-state index is 11.2.